The average molecular weight is 702 g/mol. The van der Waals surface area contributed by atoms with E-state index in [-0.39, 0.29) is 5.78 Å². The highest BCUT2D eigenvalue weighted by Crippen LogP contribution is 2.57. The molecule has 5 heteroatoms. The zero-order valence-electron chi connectivity index (χ0n) is 30.4. The molecule has 54 heavy (non-hydrogen) atoms. The first-order valence-electron chi connectivity index (χ1n) is 18.7. The summed E-state index contributed by atoms with van der Waals surface area (Å²) in [5.74, 6) is 0.800. The van der Waals surface area contributed by atoms with Crippen LogP contribution in [0.2, 0.25) is 0 Å². The van der Waals surface area contributed by atoms with Gasteiger partial charge in [0.1, 0.15) is 5.69 Å². The Morgan fingerprint density at radius 3 is 2.13 bits per heavy atom. The molecule has 3 aliphatic heterocycles. The predicted molar refractivity (Wildman–Crippen MR) is 220 cm³/mol. The first-order chi connectivity index (χ1) is 26.4. The molecule has 7 aromatic rings. The van der Waals surface area contributed by atoms with Crippen molar-refractivity contribution in [2.24, 2.45) is 4.99 Å². The van der Waals surface area contributed by atoms with Crippen molar-refractivity contribution in [3.63, 3.8) is 0 Å². The number of nitrogens with zero attached hydrogens (tertiary/aromatic N) is 3. The molecule has 262 valence electrons. The molecule has 5 nitrogen and oxygen atoms in total. The van der Waals surface area contributed by atoms with Crippen LogP contribution in [0.5, 0.6) is 5.75 Å². The molecule has 0 aromatic heterocycles. The maximum absolute atomic E-state index is 13.2. The molecule has 0 radical (unpaired) electrons. The number of benzene rings is 7. The molecule has 3 heterocycles. The number of carbonyl (C=O) groups is 1. The van der Waals surface area contributed by atoms with E-state index in [1.807, 2.05) is 54.6 Å². The largest absolute Gasteiger partial charge is 0.459 e. The number of hydrogen-bond donors (Lipinski definition) is 0. The molecule has 1 unspecified atom stereocenters. The summed E-state index contributed by atoms with van der Waals surface area (Å²) >= 11 is 0. The number of para-hydroxylation sites is 2. The van der Waals surface area contributed by atoms with E-state index in [2.05, 4.69) is 133 Å². The molecule has 7 aromatic carbocycles. The first kappa shape index (κ1) is 32.2. The van der Waals surface area contributed by atoms with Gasteiger partial charge in [0.25, 0.3) is 0 Å². The van der Waals surface area contributed by atoms with Crippen LogP contribution in [0.3, 0.4) is 0 Å². The van der Waals surface area contributed by atoms with Gasteiger partial charge in [-0.15, -0.1) is 0 Å². The van der Waals surface area contributed by atoms with E-state index in [4.69, 9.17) is 9.73 Å². The molecule has 0 N–H and O–H groups in total. The Morgan fingerprint density at radius 2 is 1.33 bits per heavy atom. The number of carbonyl (C=O) groups excluding carboxylic acids is 1. The molecule has 0 saturated carbocycles. The van der Waals surface area contributed by atoms with E-state index in [1.54, 1.807) is 0 Å². The number of ketones is 1. The van der Waals surface area contributed by atoms with Crippen LogP contribution in [0.1, 0.15) is 46.5 Å². The van der Waals surface area contributed by atoms with Gasteiger partial charge >= 0.3 is 0 Å². The molecular formula is C49H39N3O2. The van der Waals surface area contributed by atoms with Gasteiger partial charge in [0, 0.05) is 52.4 Å². The van der Waals surface area contributed by atoms with Crippen molar-refractivity contribution in [1.29, 1.82) is 0 Å². The fourth-order valence-corrected chi connectivity index (χ4v) is 8.81. The summed E-state index contributed by atoms with van der Waals surface area (Å²) in [6, 6.07) is 54.2. The summed E-state index contributed by atoms with van der Waals surface area (Å²) < 4.78 is 7.46. The Balaban J connectivity index is 1.11. The number of ether oxygens (including phenoxy) is 1. The Labute approximate surface area is 315 Å². The maximum Gasteiger partial charge on any atom is 0.229 e. The minimum atomic E-state index is -0.855. The molecule has 0 amide bonds. The van der Waals surface area contributed by atoms with Crippen molar-refractivity contribution in [3.8, 4) is 16.9 Å². The molecule has 0 bridgehead atoms. The molecule has 1 atom stereocenters. The lowest BCUT2D eigenvalue weighted by Gasteiger charge is -2.46. The quantitative estimate of drug-likeness (QED) is 0.162. The highest BCUT2D eigenvalue weighted by molar-refractivity contribution is 6.10. The Hall–Kier alpha value is -6.46. The van der Waals surface area contributed by atoms with E-state index in [1.165, 1.54) is 22.4 Å². The topological polar surface area (TPSA) is 45.1 Å². The molecule has 0 saturated heterocycles. The fraction of sp³-hybridized carbons (Fsp3) is 0.143. The normalized spacial score (nSPS) is 17.7. The van der Waals surface area contributed by atoms with Crippen LogP contribution in [0.4, 0.5) is 22.7 Å². The van der Waals surface area contributed by atoms with Crippen LogP contribution in [-0.2, 0) is 18.4 Å². The molecular weight excluding hydrogens is 663 g/mol. The zero-order chi connectivity index (χ0) is 36.4. The lowest BCUT2D eigenvalue weighted by atomic mass is 9.77. The van der Waals surface area contributed by atoms with E-state index < -0.39 is 11.1 Å². The fourth-order valence-electron chi connectivity index (χ4n) is 8.81. The summed E-state index contributed by atoms with van der Waals surface area (Å²) in [4.78, 5) is 23.4. The summed E-state index contributed by atoms with van der Waals surface area (Å²) in [7, 11) is 0. The summed E-state index contributed by atoms with van der Waals surface area (Å²) in [6.45, 7) is 6.11. The van der Waals surface area contributed by atoms with E-state index in [0.717, 1.165) is 57.7 Å². The third-order valence-corrected chi connectivity index (χ3v) is 11.7. The van der Waals surface area contributed by atoms with Crippen LogP contribution in [0, 0.1) is 0 Å². The third kappa shape index (κ3) is 4.92. The number of anilines is 3. The van der Waals surface area contributed by atoms with Gasteiger partial charge in [-0.3, -0.25) is 9.79 Å². The second-order valence-corrected chi connectivity index (χ2v) is 15.1. The smallest absolute Gasteiger partial charge is 0.229 e. The third-order valence-electron chi connectivity index (χ3n) is 11.7. The standard InChI is InChI=1S/C49H39N3O2/c1-48(2)41-18-10-12-20-43(41)52(31-33-13-5-3-6-14-33)49(48)32-50-46-39-26-25-38(34-21-23-37(24-22-34)47(53)36-16-7-4-8-17-36)29-40(39)44(30-45(46)54-49)51-28-27-35-15-9-11-19-42(35)51/h3-26,29-30,32H,27-28,31H2,1-2H3. The van der Waals surface area contributed by atoms with Crippen LogP contribution in [0.15, 0.2) is 163 Å². The minimum absolute atomic E-state index is 0.0220. The van der Waals surface area contributed by atoms with Gasteiger partial charge in [-0.05, 0) is 66.3 Å². The second-order valence-electron chi connectivity index (χ2n) is 15.1. The van der Waals surface area contributed by atoms with Gasteiger partial charge in [-0.2, -0.15) is 0 Å². The number of fused-ring (bicyclic) bond motifs is 5. The Kier molecular flexibility index (Phi) is 7.34. The van der Waals surface area contributed by atoms with Gasteiger partial charge in [0.05, 0.1) is 17.3 Å². The lowest BCUT2D eigenvalue weighted by molar-refractivity contribution is 0.0765. The Morgan fingerprint density at radius 1 is 0.667 bits per heavy atom. The second kappa shape index (κ2) is 12.3. The Bertz CT molecular complexity index is 2610. The van der Waals surface area contributed by atoms with Crippen LogP contribution in [0.25, 0.3) is 21.9 Å². The van der Waals surface area contributed by atoms with Gasteiger partial charge < -0.3 is 14.5 Å². The summed E-state index contributed by atoms with van der Waals surface area (Å²) in [5.41, 5.74) is 10.3. The van der Waals surface area contributed by atoms with Crippen LogP contribution in [-0.4, -0.2) is 24.3 Å². The highest BCUT2D eigenvalue weighted by atomic mass is 16.5. The highest BCUT2D eigenvalue weighted by Gasteiger charge is 2.59. The maximum atomic E-state index is 13.2. The monoisotopic (exact) mass is 701 g/mol. The average Bonchev–Trinajstić information content (AvgIpc) is 3.73. The first-order valence-corrected chi connectivity index (χ1v) is 18.7. The minimum Gasteiger partial charge on any atom is -0.459 e. The van der Waals surface area contributed by atoms with Crippen molar-refractivity contribution in [2.75, 3.05) is 16.3 Å². The SMILES string of the molecule is CC1(C)c2ccccc2N(Cc2ccccc2)C12C=Nc1c(cc(N3CCc4ccccc43)c3cc(-c4ccc(C(=O)c5ccccc5)cc4)ccc13)O2. The molecule has 3 aliphatic rings. The van der Waals surface area contributed by atoms with E-state index >= 15 is 0 Å². The van der Waals surface area contributed by atoms with Gasteiger partial charge in [0.2, 0.25) is 5.72 Å². The van der Waals surface area contributed by atoms with Crippen molar-refractivity contribution in [3.05, 3.63) is 186 Å². The van der Waals surface area contributed by atoms with Crippen molar-refractivity contribution >= 4 is 45.5 Å². The van der Waals surface area contributed by atoms with E-state index in [9.17, 15) is 4.79 Å². The summed E-state index contributed by atoms with van der Waals surface area (Å²) in [5, 5.41) is 2.15. The lowest BCUT2D eigenvalue weighted by Crippen LogP contribution is -2.61. The number of aliphatic imine (C=N–C) groups is 1. The molecule has 0 fully saturated rings. The van der Waals surface area contributed by atoms with E-state index in [0.29, 0.717) is 17.7 Å². The summed E-state index contributed by atoms with van der Waals surface area (Å²) in [6.07, 6.45) is 3.03. The van der Waals surface area contributed by atoms with Crippen LogP contribution < -0.4 is 14.5 Å². The number of hydrogen-bond acceptors (Lipinski definition) is 5. The number of rotatable bonds is 6. The van der Waals surface area contributed by atoms with Gasteiger partial charge in [-0.1, -0.05) is 133 Å². The van der Waals surface area contributed by atoms with Gasteiger partial charge in [-0.25, -0.2) is 0 Å². The van der Waals surface area contributed by atoms with Crippen LogP contribution >= 0.6 is 0 Å². The molecule has 1 spiro atoms. The molecule has 10 rings (SSSR count). The van der Waals surface area contributed by atoms with Crippen molar-refractivity contribution in [1.82, 2.24) is 0 Å². The molecule has 0 aliphatic carbocycles. The predicted octanol–water partition coefficient (Wildman–Crippen LogP) is 11.2. The van der Waals surface area contributed by atoms with Crippen molar-refractivity contribution in [2.45, 2.75) is 38.0 Å². The van der Waals surface area contributed by atoms with Crippen molar-refractivity contribution < 1.29 is 9.53 Å². The zero-order valence-corrected chi connectivity index (χ0v) is 30.4. The van der Waals surface area contributed by atoms with Gasteiger partial charge in [0.15, 0.2) is 11.5 Å².